The van der Waals surface area contributed by atoms with E-state index in [9.17, 15) is 4.79 Å². The molecule has 0 spiro atoms. The number of carbonyl (C=O) groups excluding carboxylic acids is 1. The summed E-state index contributed by atoms with van der Waals surface area (Å²) in [4.78, 5) is 15.2. The first kappa shape index (κ1) is 10.5. The van der Waals surface area contributed by atoms with Crippen molar-refractivity contribution in [2.45, 2.75) is 6.92 Å². The number of hydrogen-bond donors (Lipinski definition) is 1. The number of carbonyl (C=O) groups is 1. The van der Waals surface area contributed by atoms with Crippen molar-refractivity contribution in [2.75, 3.05) is 6.54 Å². The fourth-order valence-corrected chi connectivity index (χ4v) is 1.54. The average molecular weight is 264 g/mol. The predicted octanol–water partition coefficient (Wildman–Crippen LogP) is 2.25. The highest BCUT2D eigenvalue weighted by Gasteiger charge is 2.10. The first-order valence-electron chi connectivity index (χ1n) is 3.74. The van der Waals surface area contributed by atoms with Gasteiger partial charge in [-0.05, 0) is 28.9 Å². The number of hydrogen-bond acceptors (Lipinski definition) is 2. The summed E-state index contributed by atoms with van der Waals surface area (Å²) in [7, 11) is 0. The van der Waals surface area contributed by atoms with Crippen LogP contribution in [0.3, 0.4) is 0 Å². The lowest BCUT2D eigenvalue weighted by atomic mass is 10.3. The van der Waals surface area contributed by atoms with E-state index in [2.05, 4.69) is 26.2 Å². The van der Waals surface area contributed by atoms with E-state index in [1.807, 2.05) is 6.92 Å². The molecule has 13 heavy (non-hydrogen) atoms. The molecule has 1 aromatic rings. The smallest absolute Gasteiger partial charge is 0.271 e. The van der Waals surface area contributed by atoms with Crippen molar-refractivity contribution >= 4 is 33.4 Å². The zero-order valence-corrected chi connectivity index (χ0v) is 9.32. The van der Waals surface area contributed by atoms with E-state index in [1.54, 1.807) is 6.07 Å². The van der Waals surface area contributed by atoms with E-state index < -0.39 is 0 Å². The minimum Gasteiger partial charge on any atom is -0.351 e. The van der Waals surface area contributed by atoms with Gasteiger partial charge >= 0.3 is 0 Å². The van der Waals surface area contributed by atoms with E-state index in [-0.39, 0.29) is 11.6 Å². The third-order valence-corrected chi connectivity index (χ3v) is 2.08. The van der Waals surface area contributed by atoms with Crippen molar-refractivity contribution in [2.24, 2.45) is 0 Å². The zero-order chi connectivity index (χ0) is 9.84. The molecule has 5 heteroatoms. The highest BCUT2D eigenvalue weighted by molar-refractivity contribution is 9.10. The molecule has 0 radical (unpaired) electrons. The van der Waals surface area contributed by atoms with Crippen molar-refractivity contribution in [1.82, 2.24) is 10.3 Å². The maximum Gasteiger partial charge on any atom is 0.271 e. The van der Waals surface area contributed by atoms with Gasteiger partial charge in [0.15, 0.2) is 0 Å². The van der Waals surface area contributed by atoms with Crippen LogP contribution in [0.4, 0.5) is 0 Å². The Morgan fingerprint density at radius 3 is 3.00 bits per heavy atom. The van der Waals surface area contributed by atoms with Crippen molar-refractivity contribution in [3.8, 4) is 0 Å². The van der Waals surface area contributed by atoms with Gasteiger partial charge in [-0.3, -0.25) is 4.79 Å². The fourth-order valence-electron chi connectivity index (χ4n) is 0.826. The topological polar surface area (TPSA) is 42.0 Å². The molecule has 70 valence electrons. The Labute approximate surface area is 89.6 Å². The molecule has 1 amide bonds. The van der Waals surface area contributed by atoms with Gasteiger partial charge in [0.2, 0.25) is 0 Å². The monoisotopic (exact) mass is 262 g/mol. The van der Waals surface area contributed by atoms with Crippen LogP contribution >= 0.6 is 27.5 Å². The first-order chi connectivity index (χ1) is 6.15. The number of amides is 1. The van der Waals surface area contributed by atoms with Crippen LogP contribution in [0.15, 0.2) is 16.7 Å². The first-order valence-corrected chi connectivity index (χ1v) is 4.91. The predicted molar refractivity (Wildman–Crippen MR) is 55.0 cm³/mol. The summed E-state index contributed by atoms with van der Waals surface area (Å²) in [5.41, 5.74) is 0.256. The minimum absolute atomic E-state index is 0.250. The molecule has 0 aromatic carbocycles. The second kappa shape index (κ2) is 4.58. The molecule has 0 atom stereocenters. The molecule has 0 aliphatic rings. The molecule has 3 nitrogen and oxygen atoms in total. The number of halogens is 2. The molecule has 1 rings (SSSR count). The lowest BCUT2D eigenvalue weighted by Crippen LogP contribution is -2.23. The summed E-state index contributed by atoms with van der Waals surface area (Å²) in [5.74, 6) is -0.250. The van der Waals surface area contributed by atoms with E-state index in [0.29, 0.717) is 11.6 Å². The van der Waals surface area contributed by atoms with Crippen LogP contribution in [-0.2, 0) is 0 Å². The molecule has 0 saturated carbocycles. The number of rotatable bonds is 2. The van der Waals surface area contributed by atoms with Gasteiger partial charge in [0, 0.05) is 17.2 Å². The van der Waals surface area contributed by atoms with Gasteiger partial charge in [0.05, 0.1) is 5.02 Å². The summed E-state index contributed by atoms with van der Waals surface area (Å²) in [5, 5.41) is 2.97. The Balaban J connectivity index is 2.95. The van der Waals surface area contributed by atoms with Gasteiger partial charge in [0.25, 0.3) is 5.91 Å². The summed E-state index contributed by atoms with van der Waals surface area (Å²) in [6, 6.07) is 1.64. The molecule has 0 aliphatic heterocycles. The van der Waals surface area contributed by atoms with Crippen molar-refractivity contribution in [3.05, 3.63) is 27.5 Å². The number of nitrogens with zero attached hydrogens (tertiary/aromatic N) is 1. The van der Waals surface area contributed by atoms with Crippen molar-refractivity contribution in [1.29, 1.82) is 0 Å². The van der Waals surface area contributed by atoms with Crippen LogP contribution in [0.25, 0.3) is 0 Å². The zero-order valence-electron chi connectivity index (χ0n) is 6.97. The lowest BCUT2D eigenvalue weighted by Gasteiger charge is -2.02. The van der Waals surface area contributed by atoms with Crippen molar-refractivity contribution < 1.29 is 4.79 Å². The Hall–Kier alpha value is -0.610. The molecular weight excluding hydrogens is 255 g/mol. The molecule has 1 heterocycles. The van der Waals surface area contributed by atoms with Crippen LogP contribution < -0.4 is 5.32 Å². The van der Waals surface area contributed by atoms with Crippen LogP contribution in [0, 0.1) is 0 Å². The second-order valence-electron chi connectivity index (χ2n) is 2.34. The lowest BCUT2D eigenvalue weighted by molar-refractivity contribution is 0.0951. The highest BCUT2D eigenvalue weighted by atomic mass is 79.9. The molecule has 0 bridgehead atoms. The summed E-state index contributed by atoms with van der Waals surface area (Å²) < 4.78 is 0.755. The van der Waals surface area contributed by atoms with Gasteiger partial charge in [-0.1, -0.05) is 11.6 Å². The summed E-state index contributed by atoms with van der Waals surface area (Å²) in [6.07, 6.45) is 1.54. The van der Waals surface area contributed by atoms with Gasteiger partial charge in [-0.15, -0.1) is 0 Å². The third kappa shape index (κ3) is 2.67. The third-order valence-electron chi connectivity index (χ3n) is 1.36. The molecule has 0 aliphatic carbocycles. The largest absolute Gasteiger partial charge is 0.351 e. The maximum absolute atomic E-state index is 11.3. The quantitative estimate of drug-likeness (QED) is 0.889. The van der Waals surface area contributed by atoms with E-state index >= 15 is 0 Å². The highest BCUT2D eigenvalue weighted by Crippen LogP contribution is 2.18. The minimum atomic E-state index is -0.250. The van der Waals surface area contributed by atoms with Crippen LogP contribution in [-0.4, -0.2) is 17.4 Å². The Bertz CT molecular complexity index is 330. The number of nitrogens with one attached hydrogen (secondary N) is 1. The normalized spacial score (nSPS) is 9.77. The van der Waals surface area contributed by atoms with E-state index in [1.165, 1.54) is 6.20 Å². The average Bonchev–Trinajstić information content (AvgIpc) is 2.04. The molecular formula is C8H8BrClN2O. The summed E-state index contributed by atoms with van der Waals surface area (Å²) in [6.45, 7) is 2.40. The molecule has 0 fully saturated rings. The Kier molecular flexibility index (Phi) is 3.69. The van der Waals surface area contributed by atoms with Gasteiger partial charge in [-0.2, -0.15) is 0 Å². The molecule has 0 unspecified atom stereocenters. The van der Waals surface area contributed by atoms with Crippen molar-refractivity contribution in [3.63, 3.8) is 0 Å². The van der Waals surface area contributed by atoms with Crippen LogP contribution in [0.5, 0.6) is 0 Å². The van der Waals surface area contributed by atoms with Gasteiger partial charge < -0.3 is 5.32 Å². The molecule has 1 aromatic heterocycles. The Morgan fingerprint density at radius 1 is 1.77 bits per heavy atom. The standard InChI is InChI=1S/C8H8BrClN2O/c1-2-11-8(13)7-6(10)3-5(9)4-12-7/h3-4H,2H2,1H3,(H,11,13). The van der Waals surface area contributed by atoms with E-state index in [0.717, 1.165) is 4.47 Å². The maximum atomic E-state index is 11.3. The number of pyridine rings is 1. The van der Waals surface area contributed by atoms with Crippen LogP contribution in [0.2, 0.25) is 5.02 Å². The Morgan fingerprint density at radius 2 is 2.46 bits per heavy atom. The van der Waals surface area contributed by atoms with E-state index in [4.69, 9.17) is 11.6 Å². The van der Waals surface area contributed by atoms with Gasteiger partial charge in [0.1, 0.15) is 5.69 Å². The second-order valence-corrected chi connectivity index (χ2v) is 3.67. The fraction of sp³-hybridized carbons (Fsp3) is 0.250. The molecule has 1 N–H and O–H groups in total. The van der Waals surface area contributed by atoms with Gasteiger partial charge in [-0.25, -0.2) is 4.98 Å². The SMILES string of the molecule is CCNC(=O)c1ncc(Br)cc1Cl. The summed E-state index contributed by atoms with van der Waals surface area (Å²) >= 11 is 9.01. The van der Waals surface area contributed by atoms with Crippen LogP contribution in [0.1, 0.15) is 17.4 Å². The molecule has 0 saturated heterocycles. The number of aromatic nitrogens is 1.